The number of unbranched alkanes of at least 4 members (excludes halogenated alkanes) is 1. The van der Waals surface area contributed by atoms with Crippen LogP contribution in [0, 0.1) is 6.92 Å². The highest BCUT2D eigenvalue weighted by molar-refractivity contribution is 5.95. The Labute approximate surface area is 177 Å². The summed E-state index contributed by atoms with van der Waals surface area (Å²) in [5.41, 5.74) is 3.51. The van der Waals surface area contributed by atoms with Gasteiger partial charge >= 0.3 is 0 Å². The lowest BCUT2D eigenvalue weighted by molar-refractivity contribution is -0.121. The zero-order valence-electron chi connectivity index (χ0n) is 17.8. The van der Waals surface area contributed by atoms with E-state index < -0.39 is 0 Å². The van der Waals surface area contributed by atoms with E-state index in [0.717, 1.165) is 41.7 Å². The van der Waals surface area contributed by atoms with Crippen LogP contribution in [0.1, 0.15) is 47.9 Å². The Morgan fingerprint density at radius 3 is 2.50 bits per heavy atom. The molecule has 0 saturated carbocycles. The number of fused-ring (bicyclic) bond motifs is 1. The average molecular weight is 407 g/mol. The Kier molecular flexibility index (Phi) is 7.60. The first-order valence-electron chi connectivity index (χ1n) is 10.6. The van der Waals surface area contributed by atoms with Crippen LogP contribution in [0.15, 0.2) is 48.5 Å². The van der Waals surface area contributed by atoms with E-state index in [-0.39, 0.29) is 18.4 Å². The molecule has 0 aliphatic rings. The fourth-order valence-corrected chi connectivity index (χ4v) is 3.47. The van der Waals surface area contributed by atoms with Crippen molar-refractivity contribution >= 4 is 22.8 Å². The molecule has 3 rings (SSSR count). The normalized spacial score (nSPS) is 10.9. The predicted octanol–water partition coefficient (Wildman–Crippen LogP) is 3.62. The van der Waals surface area contributed by atoms with Gasteiger partial charge in [-0.05, 0) is 43.5 Å². The summed E-state index contributed by atoms with van der Waals surface area (Å²) in [6.45, 7) is 5.55. The second kappa shape index (κ2) is 10.6. The highest BCUT2D eigenvalue weighted by atomic mass is 16.2. The summed E-state index contributed by atoms with van der Waals surface area (Å²) in [5.74, 6) is 0.810. The molecular formula is C24H30N4O2. The lowest BCUT2D eigenvalue weighted by Crippen LogP contribution is -2.29. The van der Waals surface area contributed by atoms with Gasteiger partial charge in [0.2, 0.25) is 5.91 Å². The molecule has 2 amide bonds. The topological polar surface area (TPSA) is 76.0 Å². The first-order valence-corrected chi connectivity index (χ1v) is 10.6. The molecule has 0 fully saturated rings. The highest BCUT2D eigenvalue weighted by Gasteiger charge is 2.14. The van der Waals surface area contributed by atoms with E-state index in [0.29, 0.717) is 25.1 Å². The van der Waals surface area contributed by atoms with Gasteiger partial charge in [0.05, 0.1) is 11.0 Å². The number of amides is 2. The van der Waals surface area contributed by atoms with Gasteiger partial charge in [-0.15, -0.1) is 0 Å². The van der Waals surface area contributed by atoms with E-state index in [1.807, 2.05) is 60.0 Å². The number of hydrogen-bond acceptors (Lipinski definition) is 3. The van der Waals surface area contributed by atoms with Crippen molar-refractivity contribution in [1.82, 2.24) is 20.2 Å². The second-order valence-electron chi connectivity index (χ2n) is 7.48. The highest BCUT2D eigenvalue weighted by Crippen LogP contribution is 2.17. The van der Waals surface area contributed by atoms with Crippen LogP contribution >= 0.6 is 0 Å². The summed E-state index contributed by atoms with van der Waals surface area (Å²) in [6.07, 6.45) is 3.46. The van der Waals surface area contributed by atoms with E-state index in [2.05, 4.69) is 17.6 Å². The molecule has 0 radical (unpaired) electrons. The van der Waals surface area contributed by atoms with Crippen molar-refractivity contribution in [2.75, 3.05) is 13.1 Å². The van der Waals surface area contributed by atoms with Gasteiger partial charge in [-0.2, -0.15) is 0 Å². The third-order valence-electron chi connectivity index (χ3n) is 5.14. The molecule has 0 spiro atoms. The molecule has 0 unspecified atom stereocenters. The molecule has 158 valence electrons. The number of hydrogen-bond donors (Lipinski definition) is 2. The van der Waals surface area contributed by atoms with E-state index in [1.165, 1.54) is 0 Å². The minimum absolute atomic E-state index is 0.000656. The molecule has 1 aromatic heterocycles. The van der Waals surface area contributed by atoms with Crippen LogP contribution in [0.25, 0.3) is 11.0 Å². The van der Waals surface area contributed by atoms with Gasteiger partial charge < -0.3 is 15.2 Å². The zero-order chi connectivity index (χ0) is 21.3. The van der Waals surface area contributed by atoms with Crippen LogP contribution in [-0.2, 0) is 17.8 Å². The molecule has 0 aliphatic heterocycles. The largest absolute Gasteiger partial charge is 0.355 e. The van der Waals surface area contributed by atoms with Crippen LogP contribution in [0.5, 0.6) is 0 Å². The van der Waals surface area contributed by atoms with E-state index in [1.54, 1.807) is 0 Å². The molecule has 0 bridgehead atoms. The monoisotopic (exact) mass is 406 g/mol. The smallest absolute Gasteiger partial charge is 0.251 e. The van der Waals surface area contributed by atoms with Crippen molar-refractivity contribution in [2.24, 2.45) is 0 Å². The van der Waals surface area contributed by atoms with Crippen LogP contribution in [0.3, 0.4) is 0 Å². The molecule has 6 heteroatoms. The van der Waals surface area contributed by atoms with Gasteiger partial charge in [0.25, 0.3) is 5.91 Å². The summed E-state index contributed by atoms with van der Waals surface area (Å²) < 4.78 is 1.99. The Bertz CT molecular complexity index is 1010. The van der Waals surface area contributed by atoms with E-state index in [4.69, 9.17) is 4.98 Å². The Hall–Kier alpha value is -3.15. The zero-order valence-corrected chi connectivity index (χ0v) is 17.8. The lowest BCUT2D eigenvalue weighted by atomic mass is 10.1. The quantitative estimate of drug-likeness (QED) is 0.505. The average Bonchev–Trinajstić information content (AvgIpc) is 3.09. The third kappa shape index (κ3) is 5.47. The third-order valence-corrected chi connectivity index (χ3v) is 5.14. The summed E-state index contributed by atoms with van der Waals surface area (Å²) >= 11 is 0. The number of aryl methyl sites for hydroxylation is 2. The Morgan fingerprint density at radius 1 is 0.967 bits per heavy atom. The molecule has 0 atom stereocenters. The molecule has 3 aromatic rings. The van der Waals surface area contributed by atoms with Crippen molar-refractivity contribution < 1.29 is 9.59 Å². The number of aromatic nitrogens is 2. The van der Waals surface area contributed by atoms with Crippen molar-refractivity contribution in [2.45, 2.75) is 46.1 Å². The molecule has 30 heavy (non-hydrogen) atoms. The number of carbonyl (C=O) groups excluding carboxylic acids is 2. The fourth-order valence-electron chi connectivity index (χ4n) is 3.47. The fraction of sp³-hybridized carbons (Fsp3) is 0.375. The standard InChI is InChI=1S/C24H30N4O2/c1-3-4-15-25-23(29)17-28-21-13-8-7-12-20(21)27-22(28)14-9-16-26-24(30)19-11-6-5-10-18(19)2/h5-8,10-13H,3-4,9,14-17H2,1-2H3,(H,25,29)(H,26,30). The van der Waals surface area contributed by atoms with Crippen LogP contribution in [0.4, 0.5) is 0 Å². The number of nitrogens with zero attached hydrogens (tertiary/aromatic N) is 2. The van der Waals surface area contributed by atoms with E-state index >= 15 is 0 Å². The number of rotatable bonds is 10. The molecule has 0 saturated heterocycles. The number of nitrogens with one attached hydrogen (secondary N) is 2. The van der Waals surface area contributed by atoms with Gasteiger partial charge in [-0.25, -0.2) is 4.98 Å². The lowest BCUT2D eigenvalue weighted by Gasteiger charge is -2.11. The van der Waals surface area contributed by atoms with Crippen LogP contribution in [0.2, 0.25) is 0 Å². The summed E-state index contributed by atoms with van der Waals surface area (Å²) in [4.78, 5) is 29.5. The molecule has 2 aromatic carbocycles. The molecular weight excluding hydrogens is 376 g/mol. The second-order valence-corrected chi connectivity index (χ2v) is 7.48. The van der Waals surface area contributed by atoms with Gasteiger partial charge in [0.1, 0.15) is 12.4 Å². The summed E-state index contributed by atoms with van der Waals surface area (Å²) in [7, 11) is 0. The van der Waals surface area contributed by atoms with Crippen LogP contribution < -0.4 is 10.6 Å². The van der Waals surface area contributed by atoms with Gasteiger partial charge in [0.15, 0.2) is 0 Å². The molecule has 2 N–H and O–H groups in total. The van der Waals surface area contributed by atoms with E-state index in [9.17, 15) is 9.59 Å². The molecule has 6 nitrogen and oxygen atoms in total. The van der Waals surface area contributed by atoms with Gasteiger partial charge in [-0.1, -0.05) is 43.7 Å². The van der Waals surface area contributed by atoms with Crippen molar-refractivity contribution in [3.63, 3.8) is 0 Å². The first-order chi connectivity index (χ1) is 14.6. The van der Waals surface area contributed by atoms with Crippen molar-refractivity contribution in [3.05, 3.63) is 65.5 Å². The summed E-state index contributed by atoms with van der Waals surface area (Å²) in [5, 5.41) is 5.96. The maximum absolute atomic E-state index is 12.4. The minimum atomic E-state index is -0.0584. The van der Waals surface area contributed by atoms with Crippen LogP contribution in [-0.4, -0.2) is 34.5 Å². The Morgan fingerprint density at radius 2 is 1.70 bits per heavy atom. The predicted molar refractivity (Wildman–Crippen MR) is 119 cm³/mol. The summed E-state index contributed by atoms with van der Waals surface area (Å²) in [6, 6.07) is 15.4. The maximum Gasteiger partial charge on any atom is 0.251 e. The molecule has 1 heterocycles. The maximum atomic E-state index is 12.4. The number of para-hydroxylation sites is 2. The number of imidazole rings is 1. The first kappa shape index (κ1) is 21.6. The van der Waals surface area contributed by atoms with Gasteiger partial charge in [-0.3, -0.25) is 9.59 Å². The Balaban J connectivity index is 1.62. The SMILES string of the molecule is CCCCNC(=O)Cn1c(CCCNC(=O)c2ccccc2C)nc2ccccc21. The number of carbonyl (C=O) groups is 2. The van der Waals surface area contributed by atoms with Crippen molar-refractivity contribution in [1.29, 1.82) is 0 Å². The molecule has 0 aliphatic carbocycles. The minimum Gasteiger partial charge on any atom is -0.355 e. The number of benzene rings is 2. The van der Waals surface area contributed by atoms with Gasteiger partial charge in [0, 0.05) is 25.1 Å². The van der Waals surface area contributed by atoms with Crippen molar-refractivity contribution in [3.8, 4) is 0 Å².